The summed E-state index contributed by atoms with van der Waals surface area (Å²) >= 11 is 9.27. The third kappa shape index (κ3) is 3.22. The van der Waals surface area contributed by atoms with Gasteiger partial charge in [0.15, 0.2) is 0 Å². The first kappa shape index (κ1) is 15.5. The molecule has 2 aromatic carbocycles. The average molecular weight is 357 g/mol. The fourth-order valence-corrected chi connectivity index (χ4v) is 2.89. The van der Waals surface area contributed by atoms with E-state index in [0.29, 0.717) is 15.1 Å². The highest BCUT2D eigenvalue weighted by Gasteiger charge is 2.23. The van der Waals surface area contributed by atoms with Crippen molar-refractivity contribution < 1.29 is 4.39 Å². The third-order valence-corrected chi connectivity index (χ3v) is 4.70. The second-order valence-corrected chi connectivity index (χ2v) is 6.00. The van der Waals surface area contributed by atoms with Crippen LogP contribution in [-0.2, 0) is 0 Å². The van der Waals surface area contributed by atoms with E-state index >= 15 is 0 Å². The molecule has 0 aromatic heterocycles. The molecule has 0 spiro atoms. The Balaban J connectivity index is 2.39. The Morgan fingerprint density at radius 2 is 1.90 bits per heavy atom. The summed E-state index contributed by atoms with van der Waals surface area (Å²) < 4.78 is 14.7. The van der Waals surface area contributed by atoms with Gasteiger partial charge in [-0.1, -0.05) is 48.9 Å². The monoisotopic (exact) mass is 355 g/mol. The molecule has 0 radical (unpaired) electrons. The van der Waals surface area contributed by atoms with Gasteiger partial charge in [-0.15, -0.1) is 0 Å². The van der Waals surface area contributed by atoms with Crippen LogP contribution in [0.4, 0.5) is 4.39 Å². The summed E-state index contributed by atoms with van der Waals surface area (Å²) in [6.45, 7) is 2.05. The van der Waals surface area contributed by atoms with Gasteiger partial charge in [-0.2, -0.15) is 0 Å². The normalized spacial score (nSPS) is 14.1. The van der Waals surface area contributed by atoms with E-state index in [2.05, 4.69) is 22.9 Å². The van der Waals surface area contributed by atoms with Gasteiger partial charge in [-0.05, 0) is 40.0 Å². The minimum atomic E-state index is -0.423. The van der Waals surface area contributed by atoms with E-state index in [1.165, 1.54) is 6.07 Å². The zero-order chi connectivity index (χ0) is 14.7. The Labute approximate surface area is 132 Å². The molecule has 2 aromatic rings. The fraction of sp³-hybridized carbons (Fsp3) is 0.250. The number of benzene rings is 2. The molecule has 1 nitrogen and oxygen atoms in total. The fourth-order valence-electron chi connectivity index (χ4n) is 2.41. The van der Waals surface area contributed by atoms with Crippen LogP contribution in [0.15, 0.2) is 46.9 Å². The number of hydrogen-bond donors (Lipinski definition) is 1. The van der Waals surface area contributed by atoms with Crippen LogP contribution >= 0.6 is 27.5 Å². The largest absolute Gasteiger partial charge is 0.323 e. The van der Waals surface area contributed by atoms with Crippen molar-refractivity contribution in [3.8, 4) is 0 Å². The van der Waals surface area contributed by atoms with Crippen LogP contribution < -0.4 is 5.73 Å². The summed E-state index contributed by atoms with van der Waals surface area (Å²) in [6, 6.07) is 12.5. The molecule has 106 valence electrons. The molecule has 20 heavy (non-hydrogen) atoms. The van der Waals surface area contributed by atoms with Gasteiger partial charge in [0.05, 0.1) is 5.02 Å². The Hall–Kier alpha value is -0.900. The first-order chi connectivity index (χ1) is 9.54. The van der Waals surface area contributed by atoms with Crippen LogP contribution in [0.1, 0.15) is 36.4 Å². The van der Waals surface area contributed by atoms with Gasteiger partial charge in [-0.25, -0.2) is 4.39 Å². The highest BCUT2D eigenvalue weighted by atomic mass is 79.9. The summed E-state index contributed by atoms with van der Waals surface area (Å²) in [5.74, 6) is -0.272. The molecule has 0 heterocycles. The number of hydrogen-bond acceptors (Lipinski definition) is 1. The molecule has 2 rings (SSSR count). The Kier molecular flexibility index (Phi) is 5.19. The van der Waals surface area contributed by atoms with Crippen molar-refractivity contribution >= 4 is 27.5 Å². The maximum atomic E-state index is 14.1. The SMILES string of the molecule is CCC(c1ccccc1)C(N)c1cc(Cl)c(Br)cc1F. The van der Waals surface area contributed by atoms with Crippen LogP contribution in [0.2, 0.25) is 5.02 Å². The minimum absolute atomic E-state index is 0.0583. The van der Waals surface area contributed by atoms with Gasteiger partial charge >= 0.3 is 0 Å². The molecule has 0 saturated heterocycles. The molecule has 0 saturated carbocycles. The summed E-state index contributed by atoms with van der Waals surface area (Å²) in [4.78, 5) is 0. The van der Waals surface area contributed by atoms with Gasteiger partial charge < -0.3 is 5.73 Å². The molecule has 0 aliphatic heterocycles. The maximum absolute atomic E-state index is 14.1. The Morgan fingerprint density at radius 1 is 1.25 bits per heavy atom. The van der Waals surface area contributed by atoms with Crippen LogP contribution in [-0.4, -0.2) is 0 Å². The lowest BCUT2D eigenvalue weighted by atomic mass is 9.85. The minimum Gasteiger partial charge on any atom is -0.323 e. The topological polar surface area (TPSA) is 26.0 Å². The number of halogens is 3. The Morgan fingerprint density at radius 3 is 2.50 bits per heavy atom. The summed E-state index contributed by atoms with van der Waals surface area (Å²) in [5, 5.41) is 0.472. The van der Waals surface area contributed by atoms with E-state index in [0.717, 1.165) is 12.0 Å². The zero-order valence-electron chi connectivity index (χ0n) is 11.1. The zero-order valence-corrected chi connectivity index (χ0v) is 13.5. The second-order valence-electron chi connectivity index (χ2n) is 4.74. The molecule has 2 atom stereocenters. The molecular weight excluding hydrogens is 341 g/mol. The smallest absolute Gasteiger partial charge is 0.129 e. The first-order valence-corrected chi connectivity index (χ1v) is 7.66. The lowest BCUT2D eigenvalue weighted by molar-refractivity contribution is 0.505. The van der Waals surface area contributed by atoms with Crippen molar-refractivity contribution in [2.24, 2.45) is 5.73 Å². The first-order valence-electron chi connectivity index (χ1n) is 6.49. The second kappa shape index (κ2) is 6.70. The predicted molar refractivity (Wildman–Crippen MR) is 85.5 cm³/mol. The van der Waals surface area contributed by atoms with E-state index in [1.54, 1.807) is 6.07 Å². The summed E-state index contributed by atoms with van der Waals surface area (Å²) in [6.07, 6.45) is 0.832. The van der Waals surface area contributed by atoms with Crippen LogP contribution in [0.25, 0.3) is 0 Å². The lowest BCUT2D eigenvalue weighted by Gasteiger charge is -2.24. The van der Waals surface area contributed by atoms with Crippen LogP contribution in [0.5, 0.6) is 0 Å². The third-order valence-electron chi connectivity index (χ3n) is 3.50. The molecule has 4 heteroatoms. The van der Waals surface area contributed by atoms with Crippen molar-refractivity contribution in [1.29, 1.82) is 0 Å². The van der Waals surface area contributed by atoms with Crippen molar-refractivity contribution in [2.45, 2.75) is 25.3 Å². The lowest BCUT2D eigenvalue weighted by Crippen LogP contribution is -2.20. The van der Waals surface area contributed by atoms with Gasteiger partial charge in [0, 0.05) is 22.0 Å². The standard InChI is InChI=1S/C16H16BrClFN/c1-2-11(10-6-4-3-5-7-10)16(20)12-8-14(18)13(17)9-15(12)19/h3-9,11,16H,2,20H2,1H3. The van der Waals surface area contributed by atoms with Crippen molar-refractivity contribution in [3.05, 3.63) is 68.9 Å². The van der Waals surface area contributed by atoms with Crippen molar-refractivity contribution in [3.63, 3.8) is 0 Å². The molecule has 2 unspecified atom stereocenters. The highest BCUT2D eigenvalue weighted by Crippen LogP contribution is 2.36. The summed E-state index contributed by atoms with van der Waals surface area (Å²) in [5.41, 5.74) is 7.85. The van der Waals surface area contributed by atoms with Gasteiger partial charge in [-0.3, -0.25) is 0 Å². The maximum Gasteiger partial charge on any atom is 0.129 e. The molecule has 0 aliphatic rings. The molecule has 0 amide bonds. The summed E-state index contributed by atoms with van der Waals surface area (Å²) in [7, 11) is 0. The van der Waals surface area contributed by atoms with Crippen LogP contribution in [0.3, 0.4) is 0 Å². The Bertz CT molecular complexity index is 589. The molecule has 2 N–H and O–H groups in total. The molecule has 0 aliphatic carbocycles. The predicted octanol–water partition coefficient (Wildman–Crippen LogP) is 5.44. The molecule has 0 bridgehead atoms. The van der Waals surface area contributed by atoms with E-state index in [4.69, 9.17) is 17.3 Å². The van der Waals surface area contributed by atoms with Gasteiger partial charge in [0.25, 0.3) is 0 Å². The van der Waals surface area contributed by atoms with E-state index in [9.17, 15) is 4.39 Å². The number of rotatable bonds is 4. The van der Waals surface area contributed by atoms with E-state index < -0.39 is 6.04 Å². The van der Waals surface area contributed by atoms with Gasteiger partial charge in [0.1, 0.15) is 5.82 Å². The van der Waals surface area contributed by atoms with Gasteiger partial charge in [0.2, 0.25) is 0 Å². The molecular formula is C16H16BrClFN. The van der Waals surface area contributed by atoms with Crippen molar-refractivity contribution in [1.82, 2.24) is 0 Å². The van der Waals surface area contributed by atoms with Crippen molar-refractivity contribution in [2.75, 3.05) is 0 Å². The van der Waals surface area contributed by atoms with Crippen LogP contribution in [0, 0.1) is 5.82 Å². The number of nitrogens with two attached hydrogens (primary N) is 1. The quantitative estimate of drug-likeness (QED) is 0.726. The average Bonchev–Trinajstić information content (AvgIpc) is 2.44. The molecule has 0 fully saturated rings. The highest BCUT2D eigenvalue weighted by molar-refractivity contribution is 9.10. The van der Waals surface area contributed by atoms with E-state index in [1.807, 2.05) is 30.3 Å². The van der Waals surface area contributed by atoms with E-state index in [-0.39, 0.29) is 11.7 Å².